The van der Waals surface area contributed by atoms with Crippen molar-refractivity contribution < 1.29 is 9.63 Å². The van der Waals surface area contributed by atoms with Gasteiger partial charge in [-0.3, -0.25) is 9.63 Å². The Balaban J connectivity index is 0.00000196. The number of hydrogen-bond acceptors (Lipinski definition) is 3. The van der Waals surface area contributed by atoms with Crippen molar-refractivity contribution in [2.75, 3.05) is 5.32 Å². The van der Waals surface area contributed by atoms with E-state index in [4.69, 9.17) is 17.5 Å². The number of carbonyl (C=O) groups excluding carboxylic acids is 1. The van der Waals surface area contributed by atoms with E-state index in [1.165, 1.54) is 0 Å². The van der Waals surface area contributed by atoms with Gasteiger partial charge in [0.2, 0.25) is 0 Å². The fraction of sp³-hybridized carbons (Fsp3) is 0.222. The number of hydrogen-bond donors (Lipinski definition) is 2. The van der Waals surface area contributed by atoms with Crippen molar-refractivity contribution in [1.82, 2.24) is 0 Å². The largest absolute Gasteiger partial charge is 0.324 e. The molecule has 0 heterocycles. The van der Waals surface area contributed by atoms with E-state index in [0.29, 0.717) is 10.7 Å². The molecule has 3 N–H and O–H groups in total. The Kier molecular flexibility index (Phi) is 6.27. The average Bonchev–Trinajstić information content (AvgIpc) is 2.20. The van der Waals surface area contributed by atoms with Gasteiger partial charge < -0.3 is 5.32 Å². The second-order valence-corrected chi connectivity index (χ2v) is 3.21. The molecule has 0 aliphatic carbocycles. The quantitative estimate of drug-likeness (QED) is 0.807. The monoisotopic (exact) mass is 250 g/mol. The summed E-state index contributed by atoms with van der Waals surface area (Å²) < 4.78 is 0. The minimum absolute atomic E-state index is 0. The smallest absolute Gasteiger partial charge is 0.255 e. The maximum atomic E-state index is 11.3. The molecule has 1 unspecified atom stereocenters. The number of nitrogens with one attached hydrogen (secondary N) is 1. The highest BCUT2D eigenvalue weighted by molar-refractivity contribution is 6.30. The van der Waals surface area contributed by atoms with E-state index in [0.717, 1.165) is 0 Å². The van der Waals surface area contributed by atoms with Crippen LogP contribution in [0.5, 0.6) is 0 Å². The summed E-state index contributed by atoms with van der Waals surface area (Å²) in [6.07, 6.45) is -0.675. The molecule has 0 saturated carbocycles. The highest BCUT2D eigenvalue weighted by atomic mass is 35.5. The Morgan fingerprint density at radius 3 is 2.47 bits per heavy atom. The van der Waals surface area contributed by atoms with Crippen LogP contribution in [-0.4, -0.2) is 12.0 Å². The average molecular weight is 251 g/mol. The molecule has 1 rings (SSSR count). The van der Waals surface area contributed by atoms with Crippen LogP contribution >= 0.6 is 24.0 Å². The lowest BCUT2D eigenvalue weighted by molar-refractivity contribution is -0.126. The van der Waals surface area contributed by atoms with Crippen LogP contribution < -0.4 is 11.2 Å². The summed E-state index contributed by atoms with van der Waals surface area (Å²) in [5, 5.41) is 3.23. The van der Waals surface area contributed by atoms with Crippen LogP contribution in [0, 0.1) is 0 Å². The summed E-state index contributed by atoms with van der Waals surface area (Å²) in [7, 11) is 0. The first-order chi connectivity index (χ1) is 6.63. The molecule has 15 heavy (non-hydrogen) atoms. The maximum Gasteiger partial charge on any atom is 0.255 e. The fourth-order valence-electron chi connectivity index (χ4n) is 0.839. The number of amides is 1. The lowest BCUT2D eigenvalue weighted by Gasteiger charge is -2.09. The van der Waals surface area contributed by atoms with E-state index < -0.39 is 6.10 Å². The first-order valence-electron chi connectivity index (χ1n) is 4.05. The highest BCUT2D eigenvalue weighted by Crippen LogP contribution is 2.13. The van der Waals surface area contributed by atoms with Crippen LogP contribution in [0.4, 0.5) is 5.69 Å². The van der Waals surface area contributed by atoms with Crippen molar-refractivity contribution in [1.29, 1.82) is 0 Å². The van der Waals surface area contributed by atoms with E-state index in [1.807, 2.05) is 0 Å². The molecular weight excluding hydrogens is 239 g/mol. The zero-order valence-electron chi connectivity index (χ0n) is 8.07. The summed E-state index contributed by atoms with van der Waals surface area (Å²) in [6.45, 7) is 1.56. The summed E-state index contributed by atoms with van der Waals surface area (Å²) >= 11 is 5.68. The van der Waals surface area contributed by atoms with Gasteiger partial charge in [-0.05, 0) is 31.2 Å². The fourth-order valence-corrected chi connectivity index (χ4v) is 0.965. The molecular formula is C9H12Cl2N2O2. The molecule has 0 bridgehead atoms. The van der Waals surface area contributed by atoms with E-state index in [-0.39, 0.29) is 18.3 Å². The van der Waals surface area contributed by atoms with Crippen molar-refractivity contribution in [3.05, 3.63) is 29.3 Å². The van der Waals surface area contributed by atoms with Gasteiger partial charge in [-0.25, -0.2) is 5.90 Å². The summed E-state index contributed by atoms with van der Waals surface area (Å²) in [4.78, 5) is 15.6. The van der Waals surface area contributed by atoms with Crippen LogP contribution in [-0.2, 0) is 9.63 Å². The second kappa shape index (κ2) is 6.63. The van der Waals surface area contributed by atoms with E-state index >= 15 is 0 Å². The standard InChI is InChI=1S/C9H11ClN2O2.ClH/c1-6(14-11)9(13)12-8-4-2-7(10)3-5-8;/h2-6H,11H2,1H3,(H,12,13);1H. The Morgan fingerprint density at radius 1 is 1.47 bits per heavy atom. The number of carbonyl (C=O) groups is 1. The molecule has 1 aromatic rings. The molecule has 1 atom stereocenters. The number of nitrogens with two attached hydrogens (primary N) is 1. The summed E-state index contributed by atoms with van der Waals surface area (Å²) in [5.74, 6) is 4.57. The van der Waals surface area contributed by atoms with Gasteiger partial charge in [-0.2, -0.15) is 0 Å². The zero-order valence-corrected chi connectivity index (χ0v) is 9.64. The van der Waals surface area contributed by atoms with Gasteiger partial charge in [-0.15, -0.1) is 12.4 Å². The van der Waals surface area contributed by atoms with Crippen LogP contribution in [0.3, 0.4) is 0 Å². The van der Waals surface area contributed by atoms with Gasteiger partial charge in [0, 0.05) is 10.7 Å². The first-order valence-corrected chi connectivity index (χ1v) is 4.43. The van der Waals surface area contributed by atoms with Crippen LogP contribution in [0.15, 0.2) is 24.3 Å². The molecule has 1 amide bonds. The molecule has 0 saturated heterocycles. The SMILES string of the molecule is CC(ON)C(=O)Nc1ccc(Cl)cc1.Cl. The van der Waals surface area contributed by atoms with Crippen molar-refractivity contribution in [2.24, 2.45) is 5.90 Å². The van der Waals surface area contributed by atoms with Crippen molar-refractivity contribution in [3.8, 4) is 0 Å². The van der Waals surface area contributed by atoms with Gasteiger partial charge in [-0.1, -0.05) is 11.6 Å². The molecule has 1 aromatic carbocycles. The van der Waals surface area contributed by atoms with Crippen molar-refractivity contribution in [2.45, 2.75) is 13.0 Å². The van der Waals surface area contributed by atoms with E-state index in [9.17, 15) is 4.79 Å². The van der Waals surface area contributed by atoms with Gasteiger partial charge in [0.25, 0.3) is 5.91 Å². The Hall–Kier alpha value is -0.810. The Labute approximate surface area is 99.1 Å². The summed E-state index contributed by atoms with van der Waals surface area (Å²) in [5.41, 5.74) is 0.656. The van der Waals surface area contributed by atoms with Crippen LogP contribution in [0.1, 0.15) is 6.92 Å². The molecule has 84 valence electrons. The highest BCUT2D eigenvalue weighted by Gasteiger charge is 2.11. The number of anilines is 1. The molecule has 0 fully saturated rings. The Morgan fingerprint density at radius 2 is 2.00 bits per heavy atom. The third-order valence-electron chi connectivity index (χ3n) is 1.69. The van der Waals surface area contributed by atoms with Gasteiger partial charge >= 0.3 is 0 Å². The van der Waals surface area contributed by atoms with Crippen LogP contribution in [0.2, 0.25) is 5.02 Å². The van der Waals surface area contributed by atoms with E-state index in [2.05, 4.69) is 10.2 Å². The molecule has 0 aromatic heterocycles. The topological polar surface area (TPSA) is 64.3 Å². The number of halogens is 2. The van der Waals surface area contributed by atoms with Crippen LogP contribution in [0.25, 0.3) is 0 Å². The predicted molar refractivity (Wildman–Crippen MR) is 62.1 cm³/mol. The van der Waals surface area contributed by atoms with Gasteiger partial charge in [0.15, 0.2) is 6.10 Å². The molecule has 4 nitrogen and oxygen atoms in total. The summed E-state index contributed by atoms with van der Waals surface area (Å²) in [6, 6.07) is 6.77. The predicted octanol–water partition coefficient (Wildman–Crippen LogP) is 1.98. The van der Waals surface area contributed by atoms with Crippen molar-refractivity contribution in [3.63, 3.8) is 0 Å². The molecule has 0 aliphatic rings. The van der Waals surface area contributed by atoms with E-state index in [1.54, 1.807) is 31.2 Å². The zero-order chi connectivity index (χ0) is 10.6. The normalized spacial score (nSPS) is 11.4. The minimum Gasteiger partial charge on any atom is -0.324 e. The van der Waals surface area contributed by atoms with Crippen molar-refractivity contribution >= 4 is 35.6 Å². The number of rotatable bonds is 3. The molecule has 6 heteroatoms. The third kappa shape index (κ3) is 4.48. The maximum absolute atomic E-state index is 11.3. The first kappa shape index (κ1) is 14.2. The molecule has 0 radical (unpaired) electrons. The second-order valence-electron chi connectivity index (χ2n) is 2.77. The Bertz CT molecular complexity index is 316. The lowest BCUT2D eigenvalue weighted by atomic mass is 10.3. The molecule has 0 aliphatic heterocycles. The van der Waals surface area contributed by atoms with Gasteiger partial charge in [0.05, 0.1) is 0 Å². The number of benzene rings is 1. The molecule has 0 spiro atoms. The van der Waals surface area contributed by atoms with Gasteiger partial charge in [0.1, 0.15) is 0 Å². The lowest BCUT2D eigenvalue weighted by Crippen LogP contribution is -2.29. The minimum atomic E-state index is -0.675. The third-order valence-corrected chi connectivity index (χ3v) is 1.94.